The number of aryl methyl sites for hydroxylation is 1. The minimum atomic E-state index is -0.0751. The van der Waals surface area contributed by atoms with Crippen LogP contribution in [0.3, 0.4) is 0 Å². The van der Waals surface area contributed by atoms with Crippen molar-refractivity contribution in [3.8, 4) is 5.75 Å². The van der Waals surface area contributed by atoms with E-state index in [1.54, 1.807) is 0 Å². The van der Waals surface area contributed by atoms with Gasteiger partial charge >= 0.3 is 0 Å². The molecule has 0 fully saturated rings. The van der Waals surface area contributed by atoms with Gasteiger partial charge in [0.05, 0.1) is 11.4 Å². The molecule has 0 unspecified atom stereocenters. The summed E-state index contributed by atoms with van der Waals surface area (Å²) in [5, 5.41) is 3.44. The Morgan fingerprint density at radius 3 is 2.95 bits per heavy atom. The second-order valence-electron chi connectivity index (χ2n) is 5.97. The first kappa shape index (κ1) is 13.0. The number of aromatic nitrogens is 1. The van der Waals surface area contributed by atoms with Gasteiger partial charge in [-0.3, -0.25) is 4.98 Å². The number of fused-ring (bicyclic) bond motifs is 1. The Kier molecular flexibility index (Phi) is 3.13. The first-order chi connectivity index (χ1) is 9.53. The van der Waals surface area contributed by atoms with E-state index >= 15 is 0 Å². The third kappa shape index (κ3) is 2.62. The molecule has 2 aromatic rings. The predicted octanol–water partition coefficient (Wildman–Crippen LogP) is 3.72. The number of nitrogens with zero attached hydrogens (tertiary/aromatic N) is 1. The van der Waals surface area contributed by atoms with Crippen molar-refractivity contribution in [2.45, 2.75) is 39.3 Å². The molecule has 0 aliphatic carbocycles. The van der Waals surface area contributed by atoms with Crippen LogP contribution in [0.1, 0.15) is 30.7 Å². The van der Waals surface area contributed by atoms with E-state index in [0.29, 0.717) is 0 Å². The lowest BCUT2D eigenvalue weighted by molar-refractivity contribution is 0.138. The van der Waals surface area contributed by atoms with Crippen LogP contribution in [-0.2, 0) is 13.0 Å². The van der Waals surface area contributed by atoms with Crippen molar-refractivity contribution in [1.29, 1.82) is 0 Å². The van der Waals surface area contributed by atoms with E-state index in [4.69, 9.17) is 4.74 Å². The van der Waals surface area contributed by atoms with Crippen LogP contribution in [0.5, 0.6) is 5.75 Å². The fraction of sp³-hybridized carbons (Fsp3) is 0.353. The Labute approximate surface area is 120 Å². The molecule has 2 heterocycles. The largest absolute Gasteiger partial charge is 0.487 e. The molecule has 3 nitrogen and oxygen atoms in total. The van der Waals surface area contributed by atoms with Gasteiger partial charge in [0.15, 0.2) is 0 Å². The van der Waals surface area contributed by atoms with Crippen molar-refractivity contribution in [3.05, 3.63) is 53.3 Å². The molecule has 1 aliphatic heterocycles. The summed E-state index contributed by atoms with van der Waals surface area (Å²) in [7, 11) is 0. The van der Waals surface area contributed by atoms with Gasteiger partial charge in [-0.1, -0.05) is 12.1 Å². The number of hydrogen-bond donors (Lipinski definition) is 1. The topological polar surface area (TPSA) is 34.2 Å². The average Bonchev–Trinajstić information content (AvgIpc) is 2.71. The molecule has 1 aromatic heterocycles. The van der Waals surface area contributed by atoms with Crippen LogP contribution in [0.2, 0.25) is 0 Å². The standard InChI is InChI=1S/C17H20N2O/c1-12-15(5-4-8-18-12)19-11-13-6-7-16-14(9-13)10-17(2,3)20-16/h4-9,19H,10-11H2,1-3H3. The molecule has 3 heteroatoms. The number of hydrogen-bond acceptors (Lipinski definition) is 3. The lowest BCUT2D eigenvalue weighted by Crippen LogP contribution is -2.24. The molecule has 0 atom stereocenters. The minimum absolute atomic E-state index is 0.0751. The van der Waals surface area contributed by atoms with E-state index in [1.807, 2.05) is 19.2 Å². The number of rotatable bonds is 3. The second-order valence-corrected chi connectivity index (χ2v) is 5.97. The van der Waals surface area contributed by atoms with Gasteiger partial charge in [0.25, 0.3) is 0 Å². The maximum atomic E-state index is 5.90. The highest BCUT2D eigenvalue weighted by Crippen LogP contribution is 2.35. The van der Waals surface area contributed by atoms with Crippen LogP contribution in [-0.4, -0.2) is 10.6 Å². The maximum absolute atomic E-state index is 5.90. The number of pyridine rings is 1. The van der Waals surface area contributed by atoms with Crippen molar-refractivity contribution in [2.75, 3.05) is 5.32 Å². The van der Waals surface area contributed by atoms with Gasteiger partial charge in [-0.25, -0.2) is 0 Å². The Balaban J connectivity index is 1.73. The van der Waals surface area contributed by atoms with E-state index in [1.165, 1.54) is 11.1 Å². The highest BCUT2D eigenvalue weighted by Gasteiger charge is 2.29. The van der Waals surface area contributed by atoms with Gasteiger partial charge in [-0.05, 0) is 50.1 Å². The van der Waals surface area contributed by atoms with Crippen molar-refractivity contribution in [3.63, 3.8) is 0 Å². The van der Waals surface area contributed by atoms with Crippen LogP contribution in [0.4, 0.5) is 5.69 Å². The molecular weight excluding hydrogens is 248 g/mol. The lowest BCUT2D eigenvalue weighted by atomic mass is 10.0. The first-order valence-electron chi connectivity index (χ1n) is 7.00. The molecule has 0 amide bonds. The number of nitrogens with one attached hydrogen (secondary N) is 1. The van der Waals surface area contributed by atoms with Gasteiger partial charge in [0.2, 0.25) is 0 Å². The van der Waals surface area contributed by atoms with Gasteiger partial charge in [-0.15, -0.1) is 0 Å². The smallest absolute Gasteiger partial charge is 0.123 e. The van der Waals surface area contributed by atoms with Crippen LogP contribution in [0.15, 0.2) is 36.5 Å². The zero-order chi connectivity index (χ0) is 14.2. The predicted molar refractivity (Wildman–Crippen MR) is 81.2 cm³/mol. The van der Waals surface area contributed by atoms with E-state index in [2.05, 4.69) is 48.4 Å². The summed E-state index contributed by atoms with van der Waals surface area (Å²) in [6, 6.07) is 10.5. The van der Waals surface area contributed by atoms with E-state index < -0.39 is 0 Å². The molecule has 3 rings (SSSR count). The van der Waals surface area contributed by atoms with Crippen LogP contribution in [0, 0.1) is 6.92 Å². The normalized spacial score (nSPS) is 15.6. The zero-order valence-corrected chi connectivity index (χ0v) is 12.2. The Bertz CT molecular complexity index is 635. The summed E-state index contributed by atoms with van der Waals surface area (Å²) in [6.45, 7) is 7.08. The Morgan fingerprint density at radius 1 is 1.30 bits per heavy atom. The zero-order valence-electron chi connectivity index (χ0n) is 12.2. The van der Waals surface area contributed by atoms with Gasteiger partial charge in [0, 0.05) is 19.2 Å². The van der Waals surface area contributed by atoms with Gasteiger partial charge < -0.3 is 10.1 Å². The third-order valence-electron chi connectivity index (χ3n) is 3.62. The molecule has 1 aliphatic rings. The summed E-state index contributed by atoms with van der Waals surface area (Å²) in [6.07, 6.45) is 2.79. The lowest BCUT2D eigenvalue weighted by Gasteiger charge is -2.16. The molecule has 1 aromatic carbocycles. The molecule has 0 bridgehead atoms. The van der Waals surface area contributed by atoms with Crippen LogP contribution >= 0.6 is 0 Å². The van der Waals surface area contributed by atoms with Crippen molar-refractivity contribution < 1.29 is 4.74 Å². The quantitative estimate of drug-likeness (QED) is 0.921. The summed E-state index contributed by atoms with van der Waals surface area (Å²) in [4.78, 5) is 4.29. The maximum Gasteiger partial charge on any atom is 0.123 e. The average molecular weight is 268 g/mol. The molecular formula is C17H20N2O. The van der Waals surface area contributed by atoms with Gasteiger partial charge in [0.1, 0.15) is 11.4 Å². The number of ether oxygens (including phenoxy) is 1. The van der Waals surface area contributed by atoms with Crippen LogP contribution in [0.25, 0.3) is 0 Å². The highest BCUT2D eigenvalue weighted by molar-refractivity contribution is 5.48. The summed E-state index contributed by atoms with van der Waals surface area (Å²) < 4.78 is 5.90. The highest BCUT2D eigenvalue weighted by atomic mass is 16.5. The van der Waals surface area contributed by atoms with E-state index in [-0.39, 0.29) is 5.60 Å². The fourth-order valence-corrected chi connectivity index (χ4v) is 2.64. The first-order valence-corrected chi connectivity index (χ1v) is 7.00. The number of anilines is 1. The Morgan fingerprint density at radius 2 is 2.15 bits per heavy atom. The summed E-state index contributed by atoms with van der Waals surface area (Å²) in [5.41, 5.74) is 4.61. The van der Waals surface area contributed by atoms with Crippen molar-refractivity contribution in [2.24, 2.45) is 0 Å². The molecule has 0 saturated heterocycles. The molecule has 104 valence electrons. The number of benzene rings is 1. The van der Waals surface area contributed by atoms with Crippen molar-refractivity contribution >= 4 is 5.69 Å². The Hall–Kier alpha value is -2.03. The molecule has 1 N–H and O–H groups in total. The van der Waals surface area contributed by atoms with Crippen LogP contribution < -0.4 is 10.1 Å². The second kappa shape index (κ2) is 4.82. The fourth-order valence-electron chi connectivity index (χ4n) is 2.64. The van der Waals surface area contributed by atoms with Gasteiger partial charge in [-0.2, -0.15) is 0 Å². The summed E-state index contributed by atoms with van der Waals surface area (Å²) in [5.74, 6) is 1.02. The SMILES string of the molecule is Cc1ncccc1NCc1ccc2c(c1)CC(C)(C)O2. The molecule has 0 spiro atoms. The molecule has 0 radical (unpaired) electrons. The van der Waals surface area contributed by atoms with E-state index in [9.17, 15) is 0 Å². The van der Waals surface area contributed by atoms with Crippen molar-refractivity contribution in [1.82, 2.24) is 4.98 Å². The minimum Gasteiger partial charge on any atom is -0.487 e. The third-order valence-corrected chi connectivity index (χ3v) is 3.62. The molecule has 20 heavy (non-hydrogen) atoms. The summed E-state index contributed by atoms with van der Waals surface area (Å²) >= 11 is 0. The molecule has 0 saturated carbocycles. The van der Waals surface area contributed by atoms with E-state index in [0.717, 1.165) is 30.1 Å². The monoisotopic (exact) mass is 268 g/mol.